The van der Waals surface area contributed by atoms with Crippen LogP contribution in [0.5, 0.6) is 0 Å². The number of nitrogens with two attached hydrogens (primary N) is 3. The predicted octanol–water partition coefficient (Wildman–Crippen LogP) is 1.75. The van der Waals surface area contributed by atoms with Crippen LogP contribution < -0.4 is 17.2 Å². The van der Waals surface area contributed by atoms with Crippen LogP contribution in [0.3, 0.4) is 0 Å². The Hall–Kier alpha value is -0.100. The van der Waals surface area contributed by atoms with Crippen LogP contribution in [0.25, 0.3) is 0 Å². The first-order chi connectivity index (χ1) is 6.06. The summed E-state index contributed by atoms with van der Waals surface area (Å²) in [5.74, 6) is 0. The first-order valence-corrected chi connectivity index (χ1v) is 5.35. The molecule has 0 aliphatic heterocycles. The fourth-order valence-electron chi connectivity index (χ4n) is 1.04. The molecule has 0 saturated heterocycles. The van der Waals surface area contributed by atoms with Gasteiger partial charge >= 0.3 is 0 Å². The second-order valence-electron chi connectivity index (χ2n) is 2.73. The van der Waals surface area contributed by atoms with Crippen molar-refractivity contribution >= 4 is 37.5 Å². The highest BCUT2D eigenvalue weighted by Crippen LogP contribution is 2.30. The molecule has 0 heterocycles. The van der Waals surface area contributed by atoms with Crippen molar-refractivity contribution in [1.82, 2.24) is 0 Å². The van der Waals surface area contributed by atoms with Gasteiger partial charge < -0.3 is 17.2 Å². The van der Waals surface area contributed by atoms with E-state index in [2.05, 4.69) is 31.9 Å². The lowest BCUT2D eigenvalue weighted by atomic mass is 10.1. The molecular formula is C8H11Br2N3. The molecule has 13 heavy (non-hydrogen) atoms. The number of halogens is 2. The van der Waals surface area contributed by atoms with E-state index in [0.29, 0.717) is 12.2 Å². The zero-order valence-electron chi connectivity index (χ0n) is 6.93. The van der Waals surface area contributed by atoms with E-state index in [1.54, 1.807) is 0 Å². The maximum Gasteiger partial charge on any atom is 0.0508 e. The van der Waals surface area contributed by atoms with Gasteiger partial charge in [0.2, 0.25) is 0 Å². The third-order valence-corrected chi connectivity index (χ3v) is 2.89. The zero-order chi connectivity index (χ0) is 10.0. The van der Waals surface area contributed by atoms with Crippen LogP contribution in [0.1, 0.15) is 11.6 Å². The van der Waals surface area contributed by atoms with Crippen molar-refractivity contribution in [3.8, 4) is 0 Å². The molecule has 1 rings (SSSR count). The van der Waals surface area contributed by atoms with E-state index in [9.17, 15) is 0 Å². The summed E-state index contributed by atoms with van der Waals surface area (Å²) in [6, 6.07) is 3.55. The summed E-state index contributed by atoms with van der Waals surface area (Å²) < 4.78 is 1.77. The largest absolute Gasteiger partial charge is 0.398 e. The number of rotatable bonds is 2. The summed E-state index contributed by atoms with van der Waals surface area (Å²) in [5.41, 5.74) is 18.6. The van der Waals surface area contributed by atoms with Crippen LogP contribution in [0.15, 0.2) is 21.1 Å². The summed E-state index contributed by atoms with van der Waals surface area (Å²) in [7, 11) is 0. The summed E-state index contributed by atoms with van der Waals surface area (Å²) in [6.45, 7) is 0.382. The Kier molecular flexibility index (Phi) is 3.73. The molecule has 1 aromatic carbocycles. The van der Waals surface area contributed by atoms with Gasteiger partial charge in [-0.2, -0.15) is 0 Å². The van der Waals surface area contributed by atoms with Gasteiger partial charge in [-0.1, -0.05) is 15.9 Å². The standard InChI is InChI=1S/C8H11Br2N3/c9-4-1-5(7(12)3-11)8(13)6(10)2-4/h1-2,7H,3,11-13H2/t7-/m0/s1. The van der Waals surface area contributed by atoms with Gasteiger partial charge in [0.25, 0.3) is 0 Å². The van der Waals surface area contributed by atoms with Crippen LogP contribution in [-0.4, -0.2) is 6.54 Å². The second-order valence-corrected chi connectivity index (χ2v) is 4.50. The van der Waals surface area contributed by atoms with Crippen molar-refractivity contribution in [3.63, 3.8) is 0 Å². The molecule has 72 valence electrons. The molecule has 0 spiro atoms. The van der Waals surface area contributed by atoms with E-state index in [1.165, 1.54) is 0 Å². The van der Waals surface area contributed by atoms with Crippen LogP contribution in [0.4, 0.5) is 5.69 Å². The minimum atomic E-state index is -0.214. The van der Waals surface area contributed by atoms with Gasteiger partial charge in [-0.15, -0.1) is 0 Å². The number of hydrogen-bond acceptors (Lipinski definition) is 3. The van der Waals surface area contributed by atoms with Crippen LogP contribution in [-0.2, 0) is 0 Å². The molecule has 0 aromatic heterocycles. The highest BCUT2D eigenvalue weighted by atomic mass is 79.9. The summed E-state index contributed by atoms with van der Waals surface area (Å²) >= 11 is 6.71. The van der Waals surface area contributed by atoms with Gasteiger partial charge in [-0.25, -0.2) is 0 Å². The number of anilines is 1. The van der Waals surface area contributed by atoms with Gasteiger partial charge in [0.15, 0.2) is 0 Å². The van der Waals surface area contributed by atoms with E-state index in [-0.39, 0.29) is 6.04 Å². The second kappa shape index (κ2) is 4.41. The minimum Gasteiger partial charge on any atom is -0.398 e. The third-order valence-electron chi connectivity index (χ3n) is 1.78. The van der Waals surface area contributed by atoms with Gasteiger partial charge in [0, 0.05) is 21.5 Å². The fourth-order valence-corrected chi connectivity index (χ4v) is 2.30. The number of benzene rings is 1. The van der Waals surface area contributed by atoms with Crippen molar-refractivity contribution in [3.05, 3.63) is 26.6 Å². The lowest BCUT2D eigenvalue weighted by Gasteiger charge is -2.13. The smallest absolute Gasteiger partial charge is 0.0508 e. The topological polar surface area (TPSA) is 78.1 Å². The Labute approximate surface area is 93.9 Å². The quantitative estimate of drug-likeness (QED) is 0.728. The number of nitrogen functional groups attached to an aromatic ring is 1. The maximum atomic E-state index is 5.82. The normalized spacial score (nSPS) is 12.9. The Morgan fingerprint density at radius 2 is 1.92 bits per heavy atom. The zero-order valence-corrected chi connectivity index (χ0v) is 10.1. The fraction of sp³-hybridized carbons (Fsp3) is 0.250. The van der Waals surface area contributed by atoms with E-state index >= 15 is 0 Å². The lowest BCUT2D eigenvalue weighted by Crippen LogP contribution is -2.22. The Bertz CT molecular complexity index is 315. The molecule has 0 aliphatic rings. The minimum absolute atomic E-state index is 0.214. The van der Waals surface area contributed by atoms with Crippen LogP contribution >= 0.6 is 31.9 Å². The molecule has 6 N–H and O–H groups in total. The van der Waals surface area contributed by atoms with Crippen LogP contribution in [0, 0.1) is 0 Å². The molecule has 0 bridgehead atoms. The summed E-state index contributed by atoms with van der Waals surface area (Å²) in [6.07, 6.45) is 0. The first-order valence-electron chi connectivity index (χ1n) is 3.76. The molecule has 0 unspecified atom stereocenters. The summed E-state index contributed by atoms with van der Waals surface area (Å²) in [4.78, 5) is 0. The number of hydrogen-bond donors (Lipinski definition) is 3. The highest BCUT2D eigenvalue weighted by molar-refractivity contribution is 9.11. The van der Waals surface area contributed by atoms with Gasteiger partial charge in [-0.3, -0.25) is 0 Å². The highest BCUT2D eigenvalue weighted by Gasteiger charge is 2.11. The summed E-state index contributed by atoms with van der Waals surface area (Å²) in [5, 5.41) is 0. The van der Waals surface area contributed by atoms with E-state index in [4.69, 9.17) is 17.2 Å². The van der Waals surface area contributed by atoms with Crippen molar-refractivity contribution in [2.24, 2.45) is 11.5 Å². The molecular weight excluding hydrogens is 298 g/mol. The van der Waals surface area contributed by atoms with Crippen molar-refractivity contribution in [2.45, 2.75) is 6.04 Å². The van der Waals surface area contributed by atoms with Crippen molar-refractivity contribution in [1.29, 1.82) is 0 Å². The monoisotopic (exact) mass is 307 g/mol. The van der Waals surface area contributed by atoms with Crippen molar-refractivity contribution < 1.29 is 0 Å². The molecule has 1 aromatic rings. The van der Waals surface area contributed by atoms with E-state index in [0.717, 1.165) is 14.5 Å². The third kappa shape index (κ3) is 2.43. The molecule has 1 atom stereocenters. The Morgan fingerprint density at radius 3 is 2.46 bits per heavy atom. The molecule has 0 amide bonds. The molecule has 3 nitrogen and oxygen atoms in total. The van der Waals surface area contributed by atoms with Crippen molar-refractivity contribution in [2.75, 3.05) is 12.3 Å². The molecule has 0 saturated carbocycles. The molecule has 0 aliphatic carbocycles. The Balaban J connectivity index is 3.20. The average Bonchev–Trinajstić information content (AvgIpc) is 2.10. The lowest BCUT2D eigenvalue weighted by molar-refractivity contribution is 0.738. The van der Waals surface area contributed by atoms with Gasteiger partial charge in [0.05, 0.1) is 5.69 Å². The van der Waals surface area contributed by atoms with Crippen LogP contribution in [0.2, 0.25) is 0 Å². The average molecular weight is 309 g/mol. The van der Waals surface area contributed by atoms with Gasteiger partial charge in [-0.05, 0) is 33.6 Å². The molecule has 0 fully saturated rings. The maximum absolute atomic E-state index is 5.82. The molecule has 5 heteroatoms. The molecule has 0 radical (unpaired) electrons. The Morgan fingerprint density at radius 1 is 1.31 bits per heavy atom. The first kappa shape index (κ1) is 11.0. The van der Waals surface area contributed by atoms with E-state index < -0.39 is 0 Å². The SMILES string of the molecule is NC[C@H](N)c1cc(Br)cc(Br)c1N. The predicted molar refractivity (Wildman–Crippen MR) is 62.2 cm³/mol. The van der Waals surface area contributed by atoms with E-state index in [1.807, 2.05) is 12.1 Å². The van der Waals surface area contributed by atoms with Gasteiger partial charge in [0.1, 0.15) is 0 Å².